The molecule has 1 aliphatic rings. The van der Waals surface area contributed by atoms with Gasteiger partial charge in [-0.05, 0) is 5.92 Å². The van der Waals surface area contributed by atoms with Gasteiger partial charge in [-0.25, -0.2) is 8.42 Å². The number of rotatable bonds is 3. The zero-order valence-corrected chi connectivity index (χ0v) is 10.8. The SMILES string of the molecule is CC(C)Cc1noc(C2CS(=O)(=O)CCN2)n1. The van der Waals surface area contributed by atoms with Gasteiger partial charge in [-0.15, -0.1) is 0 Å². The van der Waals surface area contributed by atoms with Crippen molar-refractivity contribution < 1.29 is 12.9 Å². The fraction of sp³-hybridized carbons (Fsp3) is 0.800. The van der Waals surface area contributed by atoms with Crippen LogP contribution in [0.5, 0.6) is 0 Å². The summed E-state index contributed by atoms with van der Waals surface area (Å²) in [4.78, 5) is 4.23. The van der Waals surface area contributed by atoms with Gasteiger partial charge in [-0.1, -0.05) is 19.0 Å². The molecule has 0 amide bonds. The normalized spacial score (nSPS) is 24.1. The van der Waals surface area contributed by atoms with Gasteiger partial charge in [0, 0.05) is 13.0 Å². The molecule has 1 N–H and O–H groups in total. The fourth-order valence-electron chi connectivity index (χ4n) is 1.80. The third-order valence-electron chi connectivity index (χ3n) is 2.60. The van der Waals surface area contributed by atoms with E-state index in [0.29, 0.717) is 24.2 Å². The van der Waals surface area contributed by atoms with Crippen molar-refractivity contribution in [3.63, 3.8) is 0 Å². The smallest absolute Gasteiger partial charge is 0.244 e. The van der Waals surface area contributed by atoms with E-state index in [-0.39, 0.29) is 17.5 Å². The van der Waals surface area contributed by atoms with Crippen LogP contribution in [0.1, 0.15) is 31.6 Å². The molecule has 0 bridgehead atoms. The molecule has 1 saturated heterocycles. The minimum absolute atomic E-state index is 0.0380. The van der Waals surface area contributed by atoms with Gasteiger partial charge < -0.3 is 9.84 Å². The van der Waals surface area contributed by atoms with Crippen molar-refractivity contribution in [3.05, 3.63) is 11.7 Å². The lowest BCUT2D eigenvalue weighted by Gasteiger charge is -2.20. The second-order valence-corrected chi connectivity index (χ2v) is 7.00. The van der Waals surface area contributed by atoms with Crippen LogP contribution in [0.3, 0.4) is 0 Å². The first kappa shape index (κ1) is 12.5. The lowest BCUT2D eigenvalue weighted by atomic mass is 10.1. The maximum Gasteiger partial charge on any atom is 0.244 e. The molecule has 2 heterocycles. The van der Waals surface area contributed by atoms with Crippen LogP contribution in [0.15, 0.2) is 4.52 Å². The Hall–Kier alpha value is -0.950. The number of sulfone groups is 1. The van der Waals surface area contributed by atoms with Crippen LogP contribution >= 0.6 is 0 Å². The number of hydrogen-bond acceptors (Lipinski definition) is 6. The minimum atomic E-state index is -2.98. The van der Waals surface area contributed by atoms with Crippen molar-refractivity contribution in [2.75, 3.05) is 18.1 Å². The largest absolute Gasteiger partial charge is 0.338 e. The van der Waals surface area contributed by atoms with Crippen LogP contribution in [0.4, 0.5) is 0 Å². The molecule has 1 aromatic heterocycles. The van der Waals surface area contributed by atoms with Crippen LogP contribution in [0.2, 0.25) is 0 Å². The van der Waals surface area contributed by atoms with Crippen LogP contribution in [0, 0.1) is 5.92 Å². The molecule has 7 heteroatoms. The molecule has 1 fully saturated rings. The Morgan fingerprint density at radius 1 is 1.53 bits per heavy atom. The van der Waals surface area contributed by atoms with Gasteiger partial charge in [0.2, 0.25) is 5.89 Å². The Morgan fingerprint density at radius 2 is 2.29 bits per heavy atom. The number of aromatic nitrogens is 2. The summed E-state index contributed by atoms with van der Waals surface area (Å²) in [5, 5.41) is 6.94. The molecular weight excluding hydrogens is 242 g/mol. The molecule has 2 rings (SSSR count). The third-order valence-corrected chi connectivity index (χ3v) is 4.26. The molecule has 1 aromatic rings. The standard InChI is InChI=1S/C10H17N3O3S/c1-7(2)5-9-12-10(16-13-9)8-6-17(14,15)4-3-11-8/h7-8,11H,3-6H2,1-2H3. The van der Waals surface area contributed by atoms with E-state index in [1.807, 2.05) is 0 Å². The molecular formula is C10H17N3O3S. The van der Waals surface area contributed by atoms with Crippen molar-refractivity contribution in [1.82, 2.24) is 15.5 Å². The first-order valence-corrected chi connectivity index (χ1v) is 7.55. The van der Waals surface area contributed by atoms with Crippen molar-refractivity contribution in [2.45, 2.75) is 26.3 Å². The molecule has 0 radical (unpaired) electrons. The van der Waals surface area contributed by atoms with E-state index in [0.717, 1.165) is 6.42 Å². The first-order valence-electron chi connectivity index (χ1n) is 5.72. The van der Waals surface area contributed by atoms with E-state index in [1.165, 1.54) is 0 Å². The maximum absolute atomic E-state index is 11.5. The van der Waals surface area contributed by atoms with E-state index < -0.39 is 9.84 Å². The molecule has 0 aliphatic carbocycles. The monoisotopic (exact) mass is 259 g/mol. The van der Waals surface area contributed by atoms with E-state index in [2.05, 4.69) is 29.3 Å². The Balaban J connectivity index is 2.09. The summed E-state index contributed by atoms with van der Waals surface area (Å²) in [6, 6.07) is -0.359. The van der Waals surface area contributed by atoms with Gasteiger partial charge in [0.05, 0.1) is 11.5 Å². The number of nitrogens with zero attached hydrogens (tertiary/aromatic N) is 2. The highest BCUT2D eigenvalue weighted by atomic mass is 32.2. The predicted molar refractivity (Wildman–Crippen MR) is 62.2 cm³/mol. The van der Waals surface area contributed by atoms with Crippen LogP contribution in [-0.2, 0) is 16.3 Å². The highest BCUT2D eigenvalue weighted by Gasteiger charge is 2.29. The Morgan fingerprint density at radius 3 is 2.94 bits per heavy atom. The summed E-state index contributed by atoms with van der Waals surface area (Å²) in [5.41, 5.74) is 0. The van der Waals surface area contributed by atoms with E-state index >= 15 is 0 Å². The second-order valence-electron chi connectivity index (χ2n) is 4.77. The summed E-state index contributed by atoms with van der Waals surface area (Å²) in [6.45, 7) is 4.58. The molecule has 1 atom stereocenters. The third kappa shape index (κ3) is 3.26. The average Bonchev–Trinajstić information content (AvgIpc) is 2.63. The van der Waals surface area contributed by atoms with E-state index in [1.54, 1.807) is 0 Å². The fourth-order valence-corrected chi connectivity index (χ4v) is 3.16. The van der Waals surface area contributed by atoms with Gasteiger partial charge in [0.15, 0.2) is 15.7 Å². The average molecular weight is 259 g/mol. The van der Waals surface area contributed by atoms with Crippen LogP contribution in [-0.4, -0.2) is 36.6 Å². The van der Waals surface area contributed by atoms with Gasteiger partial charge in [-0.2, -0.15) is 4.98 Å². The Labute approximate surface area is 101 Å². The highest BCUT2D eigenvalue weighted by molar-refractivity contribution is 7.91. The van der Waals surface area contributed by atoms with Gasteiger partial charge >= 0.3 is 0 Å². The maximum atomic E-state index is 11.5. The molecule has 0 spiro atoms. The van der Waals surface area contributed by atoms with E-state index in [9.17, 15) is 8.42 Å². The summed E-state index contributed by atoms with van der Waals surface area (Å²) in [5.74, 6) is 1.68. The lowest BCUT2D eigenvalue weighted by molar-refractivity contribution is 0.334. The van der Waals surface area contributed by atoms with Gasteiger partial charge in [-0.3, -0.25) is 0 Å². The molecule has 0 saturated carbocycles. The number of nitrogens with one attached hydrogen (secondary N) is 1. The zero-order valence-electron chi connectivity index (χ0n) is 10.0. The highest BCUT2D eigenvalue weighted by Crippen LogP contribution is 2.17. The molecule has 1 aliphatic heterocycles. The van der Waals surface area contributed by atoms with Crippen molar-refractivity contribution in [2.24, 2.45) is 5.92 Å². The number of hydrogen-bond donors (Lipinski definition) is 1. The summed E-state index contributed by atoms with van der Waals surface area (Å²) in [7, 11) is -2.98. The van der Waals surface area contributed by atoms with Crippen molar-refractivity contribution in [3.8, 4) is 0 Å². The summed E-state index contributed by atoms with van der Waals surface area (Å²) < 4.78 is 28.1. The summed E-state index contributed by atoms with van der Waals surface area (Å²) >= 11 is 0. The topological polar surface area (TPSA) is 85.1 Å². The lowest BCUT2D eigenvalue weighted by Crippen LogP contribution is -2.39. The second kappa shape index (κ2) is 4.73. The van der Waals surface area contributed by atoms with Crippen LogP contribution < -0.4 is 5.32 Å². The molecule has 6 nitrogen and oxygen atoms in total. The zero-order chi connectivity index (χ0) is 12.5. The Bertz CT molecular complexity index is 481. The molecule has 1 unspecified atom stereocenters. The van der Waals surface area contributed by atoms with Crippen LogP contribution in [0.25, 0.3) is 0 Å². The minimum Gasteiger partial charge on any atom is -0.338 e. The Kier molecular flexibility index (Phi) is 3.48. The van der Waals surface area contributed by atoms with Gasteiger partial charge in [0.1, 0.15) is 6.04 Å². The molecule has 0 aromatic carbocycles. The molecule has 96 valence electrons. The van der Waals surface area contributed by atoms with Gasteiger partial charge in [0.25, 0.3) is 0 Å². The van der Waals surface area contributed by atoms with E-state index in [4.69, 9.17) is 4.52 Å². The first-order chi connectivity index (χ1) is 7.96. The predicted octanol–water partition coefficient (Wildman–Crippen LogP) is 0.327. The summed E-state index contributed by atoms with van der Waals surface area (Å²) in [6.07, 6.45) is 0.739. The van der Waals surface area contributed by atoms with Crippen molar-refractivity contribution in [1.29, 1.82) is 0 Å². The molecule has 17 heavy (non-hydrogen) atoms. The quantitative estimate of drug-likeness (QED) is 0.842. The van der Waals surface area contributed by atoms with Crippen molar-refractivity contribution >= 4 is 9.84 Å².